The Balaban J connectivity index is 1.37. The summed E-state index contributed by atoms with van der Waals surface area (Å²) in [7, 11) is 0. The van der Waals surface area contributed by atoms with Gasteiger partial charge in [0.1, 0.15) is 6.26 Å². The van der Waals surface area contributed by atoms with Gasteiger partial charge in [-0.15, -0.1) is 6.58 Å². The van der Waals surface area contributed by atoms with Crippen LogP contribution in [0.1, 0.15) is 42.1 Å². The molecule has 1 saturated carbocycles. The molecule has 1 atom stereocenters. The van der Waals surface area contributed by atoms with Crippen LogP contribution in [0.4, 0.5) is 0 Å². The molecule has 0 unspecified atom stereocenters. The second-order valence-corrected chi connectivity index (χ2v) is 7.38. The molecule has 2 N–H and O–H groups in total. The van der Waals surface area contributed by atoms with Crippen LogP contribution in [0.3, 0.4) is 0 Å². The third kappa shape index (κ3) is 5.93. The first-order valence-electron chi connectivity index (χ1n) is 9.60. The zero-order valence-corrected chi connectivity index (χ0v) is 15.4. The van der Waals surface area contributed by atoms with E-state index < -0.39 is 0 Å². The fraction of sp³-hybridized carbons (Fsp3) is 0.684. The van der Waals surface area contributed by atoms with Crippen LogP contribution in [0.5, 0.6) is 0 Å². The van der Waals surface area contributed by atoms with E-state index in [1.165, 1.54) is 19.1 Å². The third-order valence-electron chi connectivity index (χ3n) is 5.03. The number of nitrogens with one attached hydrogen (secondary N) is 1. The minimum Gasteiger partial charge on any atom is -0.447 e. The van der Waals surface area contributed by atoms with Crippen molar-refractivity contribution in [2.75, 3.05) is 39.3 Å². The molecule has 1 aromatic rings. The highest BCUT2D eigenvalue weighted by molar-refractivity contribution is 5.91. The number of oxazole rings is 1. The van der Waals surface area contributed by atoms with Crippen molar-refractivity contribution in [1.82, 2.24) is 20.1 Å². The molecular weight excluding hydrogens is 332 g/mol. The number of piperazine rings is 1. The Morgan fingerprint density at radius 3 is 2.81 bits per heavy atom. The summed E-state index contributed by atoms with van der Waals surface area (Å²) in [4.78, 5) is 20.9. The predicted molar refractivity (Wildman–Crippen MR) is 98.7 cm³/mol. The Hall–Kier alpha value is -1.70. The number of β-amino-alcohol motifs (C(OH)–C–C–N with tert-alkyl or cyclic N) is 1. The number of carbonyl (C=O) groups excluding carboxylic acids is 1. The van der Waals surface area contributed by atoms with Crippen molar-refractivity contribution in [2.45, 2.75) is 38.3 Å². The minimum atomic E-state index is -0.289. The van der Waals surface area contributed by atoms with Crippen LogP contribution in [-0.2, 0) is 6.54 Å². The number of aliphatic hydroxyl groups excluding tert-OH is 1. The second-order valence-electron chi connectivity index (χ2n) is 7.38. The first-order chi connectivity index (χ1) is 12.6. The molecule has 144 valence electrons. The van der Waals surface area contributed by atoms with Crippen molar-refractivity contribution >= 4 is 5.91 Å². The molecule has 2 fully saturated rings. The topological polar surface area (TPSA) is 81.8 Å². The van der Waals surface area contributed by atoms with Crippen molar-refractivity contribution < 1.29 is 14.3 Å². The minimum absolute atomic E-state index is 0.148. The van der Waals surface area contributed by atoms with Gasteiger partial charge < -0.3 is 14.8 Å². The van der Waals surface area contributed by atoms with Crippen molar-refractivity contribution in [1.29, 1.82) is 0 Å². The van der Waals surface area contributed by atoms with E-state index in [0.29, 0.717) is 30.6 Å². The number of amides is 1. The summed E-state index contributed by atoms with van der Waals surface area (Å²) in [5, 5.41) is 12.9. The van der Waals surface area contributed by atoms with E-state index in [9.17, 15) is 9.90 Å². The van der Waals surface area contributed by atoms with Gasteiger partial charge in [0.15, 0.2) is 5.69 Å². The maximum Gasteiger partial charge on any atom is 0.273 e. The third-order valence-corrected chi connectivity index (χ3v) is 5.03. The molecule has 0 bridgehead atoms. The van der Waals surface area contributed by atoms with Crippen molar-refractivity contribution in [3.8, 4) is 0 Å². The van der Waals surface area contributed by atoms with Gasteiger partial charge in [-0.3, -0.25) is 14.6 Å². The summed E-state index contributed by atoms with van der Waals surface area (Å²) >= 11 is 0. The van der Waals surface area contributed by atoms with Crippen molar-refractivity contribution in [2.24, 2.45) is 5.92 Å². The Labute approximate surface area is 155 Å². The summed E-state index contributed by atoms with van der Waals surface area (Å²) < 4.78 is 5.47. The van der Waals surface area contributed by atoms with E-state index in [-0.39, 0.29) is 12.0 Å². The van der Waals surface area contributed by atoms with Gasteiger partial charge in [0, 0.05) is 39.3 Å². The molecular formula is C19H30N4O3. The van der Waals surface area contributed by atoms with Gasteiger partial charge in [-0.2, -0.15) is 0 Å². The van der Waals surface area contributed by atoms with Gasteiger partial charge in [-0.1, -0.05) is 6.08 Å². The molecule has 1 aromatic heterocycles. The molecule has 2 aliphatic rings. The van der Waals surface area contributed by atoms with Crippen LogP contribution >= 0.6 is 0 Å². The fourth-order valence-electron chi connectivity index (χ4n) is 3.16. The Morgan fingerprint density at radius 1 is 1.38 bits per heavy atom. The SMILES string of the molecule is C=CCC[C@H](O)CN1CCN(Cc2nc(C(=O)NCC3CC3)co2)CC1. The van der Waals surface area contributed by atoms with Crippen LogP contribution < -0.4 is 5.32 Å². The first kappa shape index (κ1) is 19.1. The standard InChI is InChI=1S/C19H30N4O3/c1-2-3-4-16(24)12-22-7-9-23(10-8-22)13-18-21-17(14-26-18)19(25)20-11-15-5-6-15/h2,14-16,24H,1,3-13H2,(H,20,25)/t16-/m0/s1. The molecule has 0 aromatic carbocycles. The largest absolute Gasteiger partial charge is 0.447 e. The number of hydrogen-bond acceptors (Lipinski definition) is 6. The van der Waals surface area contributed by atoms with E-state index >= 15 is 0 Å². The van der Waals surface area contributed by atoms with E-state index in [0.717, 1.165) is 45.6 Å². The Kier molecular flexibility index (Phi) is 6.82. The highest BCUT2D eigenvalue weighted by Crippen LogP contribution is 2.27. The lowest BCUT2D eigenvalue weighted by atomic mass is 10.1. The summed E-state index contributed by atoms with van der Waals surface area (Å²) in [5.41, 5.74) is 0.365. The normalized spacial score (nSPS) is 20.0. The lowest BCUT2D eigenvalue weighted by Gasteiger charge is -2.34. The zero-order valence-electron chi connectivity index (χ0n) is 15.4. The van der Waals surface area contributed by atoms with Crippen LogP contribution in [0.15, 0.2) is 23.3 Å². The van der Waals surface area contributed by atoms with E-state index in [2.05, 4.69) is 26.7 Å². The van der Waals surface area contributed by atoms with Crippen molar-refractivity contribution in [3.05, 3.63) is 30.5 Å². The summed E-state index contributed by atoms with van der Waals surface area (Å²) in [5.74, 6) is 1.09. The maximum absolute atomic E-state index is 12.0. The van der Waals surface area contributed by atoms with E-state index in [4.69, 9.17) is 4.42 Å². The van der Waals surface area contributed by atoms with Crippen LogP contribution in [0, 0.1) is 5.92 Å². The summed E-state index contributed by atoms with van der Waals surface area (Å²) in [6.07, 6.45) is 7.04. The van der Waals surface area contributed by atoms with Gasteiger partial charge in [0.2, 0.25) is 5.89 Å². The quantitative estimate of drug-likeness (QED) is 0.610. The molecule has 26 heavy (non-hydrogen) atoms. The average Bonchev–Trinajstić information content (AvgIpc) is 3.36. The highest BCUT2D eigenvalue weighted by Gasteiger charge is 2.24. The van der Waals surface area contributed by atoms with Gasteiger partial charge in [-0.25, -0.2) is 4.98 Å². The van der Waals surface area contributed by atoms with E-state index in [1.54, 1.807) is 0 Å². The lowest BCUT2D eigenvalue weighted by Crippen LogP contribution is -2.48. The number of aliphatic hydroxyl groups is 1. The van der Waals surface area contributed by atoms with Gasteiger partial charge >= 0.3 is 0 Å². The first-order valence-corrected chi connectivity index (χ1v) is 9.60. The summed E-state index contributed by atoms with van der Waals surface area (Å²) in [6.45, 7) is 9.40. The van der Waals surface area contributed by atoms with Gasteiger partial charge in [0.25, 0.3) is 5.91 Å². The number of allylic oxidation sites excluding steroid dienone is 1. The van der Waals surface area contributed by atoms with Crippen LogP contribution in [-0.4, -0.2) is 71.2 Å². The molecule has 1 aliphatic carbocycles. The molecule has 7 nitrogen and oxygen atoms in total. The fourth-order valence-corrected chi connectivity index (χ4v) is 3.16. The monoisotopic (exact) mass is 362 g/mol. The molecule has 3 rings (SSSR count). The number of carbonyl (C=O) groups is 1. The van der Waals surface area contributed by atoms with Crippen LogP contribution in [0.25, 0.3) is 0 Å². The number of hydrogen-bond donors (Lipinski definition) is 2. The predicted octanol–water partition coefficient (Wildman–Crippen LogP) is 1.26. The molecule has 1 amide bonds. The van der Waals surface area contributed by atoms with Crippen molar-refractivity contribution in [3.63, 3.8) is 0 Å². The number of rotatable bonds is 10. The number of nitrogens with zero attached hydrogens (tertiary/aromatic N) is 3. The molecule has 7 heteroatoms. The maximum atomic E-state index is 12.0. The van der Waals surface area contributed by atoms with Gasteiger partial charge in [-0.05, 0) is 31.6 Å². The molecule has 0 spiro atoms. The number of aromatic nitrogens is 1. The van der Waals surface area contributed by atoms with Crippen LogP contribution in [0.2, 0.25) is 0 Å². The molecule has 2 heterocycles. The average molecular weight is 362 g/mol. The molecule has 0 radical (unpaired) electrons. The zero-order chi connectivity index (χ0) is 18.4. The smallest absolute Gasteiger partial charge is 0.273 e. The lowest BCUT2D eigenvalue weighted by molar-refractivity contribution is 0.0642. The molecule has 1 saturated heterocycles. The second kappa shape index (κ2) is 9.30. The summed E-state index contributed by atoms with van der Waals surface area (Å²) in [6, 6.07) is 0. The highest BCUT2D eigenvalue weighted by atomic mass is 16.3. The Morgan fingerprint density at radius 2 is 2.12 bits per heavy atom. The van der Waals surface area contributed by atoms with E-state index in [1.807, 2.05) is 6.08 Å². The Bertz CT molecular complexity index is 591. The van der Waals surface area contributed by atoms with Gasteiger partial charge in [0.05, 0.1) is 12.6 Å². The molecule has 1 aliphatic heterocycles.